The minimum atomic E-state index is -2.81. The molecule has 0 aromatic heterocycles. The monoisotopic (exact) mass is 434 g/mol. The average molecular weight is 434 g/mol. The van der Waals surface area contributed by atoms with E-state index in [1.165, 1.54) is 4.90 Å². The molecule has 3 fully saturated rings. The van der Waals surface area contributed by atoms with Gasteiger partial charge in [-0.15, -0.1) is 0 Å². The van der Waals surface area contributed by atoms with E-state index in [-0.39, 0.29) is 30.9 Å². The SMILES string of the molecule is O=C1O[C@@]2(C[C@@H]2NC(=S)C(F)F)CN1c1cc(F)c(N2CCNOCC2)c(F)c1. The molecule has 1 amide bonds. The van der Waals surface area contributed by atoms with E-state index in [0.29, 0.717) is 19.6 Å². The van der Waals surface area contributed by atoms with Gasteiger partial charge in [0.1, 0.15) is 10.7 Å². The first-order valence-electron chi connectivity index (χ1n) is 8.98. The molecule has 2 saturated heterocycles. The lowest BCUT2D eigenvalue weighted by Crippen LogP contribution is -2.36. The number of ether oxygens (including phenoxy) is 1. The Bertz CT molecular complexity index is 814. The van der Waals surface area contributed by atoms with Gasteiger partial charge in [-0.05, 0) is 0 Å². The Morgan fingerprint density at radius 2 is 2.03 bits per heavy atom. The van der Waals surface area contributed by atoms with Crippen LogP contribution >= 0.6 is 12.2 Å². The summed E-state index contributed by atoms with van der Waals surface area (Å²) in [5, 5.41) is 2.46. The van der Waals surface area contributed by atoms with Crippen molar-refractivity contribution in [3.05, 3.63) is 23.8 Å². The van der Waals surface area contributed by atoms with Crippen molar-refractivity contribution in [3.63, 3.8) is 0 Å². The highest BCUT2D eigenvalue weighted by molar-refractivity contribution is 7.80. The van der Waals surface area contributed by atoms with Gasteiger partial charge in [0.05, 0.1) is 24.9 Å². The van der Waals surface area contributed by atoms with E-state index >= 15 is 0 Å². The molecular formula is C17H18F4N4O3S. The normalized spacial score (nSPS) is 26.7. The van der Waals surface area contributed by atoms with Gasteiger partial charge >= 0.3 is 6.09 Å². The maximum absolute atomic E-state index is 14.7. The molecule has 4 rings (SSSR count). The van der Waals surface area contributed by atoms with Crippen LogP contribution in [-0.4, -0.2) is 61.9 Å². The van der Waals surface area contributed by atoms with E-state index in [1.54, 1.807) is 0 Å². The molecule has 0 unspecified atom stereocenters. The van der Waals surface area contributed by atoms with Gasteiger partial charge in [0.25, 0.3) is 6.43 Å². The summed E-state index contributed by atoms with van der Waals surface area (Å²) < 4.78 is 59.9. The third kappa shape index (κ3) is 3.83. The number of carbonyl (C=O) groups excluding carboxylic acids is 1. The van der Waals surface area contributed by atoms with Crippen molar-refractivity contribution in [2.45, 2.75) is 24.5 Å². The summed E-state index contributed by atoms with van der Waals surface area (Å²) in [6.07, 6.45) is -3.33. The number of carbonyl (C=O) groups is 1. The fourth-order valence-electron chi connectivity index (χ4n) is 3.61. The quantitative estimate of drug-likeness (QED) is 0.555. The summed E-state index contributed by atoms with van der Waals surface area (Å²) in [6.45, 7) is 1.29. The van der Waals surface area contributed by atoms with E-state index in [0.717, 1.165) is 17.0 Å². The standard InChI is InChI=1S/C17H18F4N4O3S/c18-10-5-9(6-11(19)13(10)24-2-1-22-27-4-3-24)25-8-17(28-16(25)26)7-12(17)23-15(29)14(20)21/h5-6,12,14,22H,1-4,7-8H2,(H,23,29)/t12-,17-/m0/s1. The first kappa shape index (κ1) is 20.1. The number of nitrogens with zero attached hydrogens (tertiary/aromatic N) is 2. The number of hydrogen-bond donors (Lipinski definition) is 2. The molecule has 1 aromatic rings. The van der Waals surface area contributed by atoms with Crippen molar-refractivity contribution in [2.24, 2.45) is 0 Å². The number of hydrogen-bond acceptors (Lipinski definition) is 6. The highest BCUT2D eigenvalue weighted by atomic mass is 32.1. The number of nitrogens with one attached hydrogen (secondary N) is 2. The second-order valence-corrected chi connectivity index (χ2v) is 7.51. The second kappa shape index (κ2) is 7.58. The van der Waals surface area contributed by atoms with Crippen molar-refractivity contribution < 1.29 is 31.9 Å². The number of hydroxylamine groups is 1. The molecule has 158 valence electrons. The van der Waals surface area contributed by atoms with Gasteiger partial charge in [-0.1, -0.05) is 12.2 Å². The van der Waals surface area contributed by atoms with E-state index in [1.807, 2.05) is 0 Å². The van der Waals surface area contributed by atoms with Crippen LogP contribution in [0.4, 0.5) is 33.7 Å². The predicted octanol–water partition coefficient (Wildman–Crippen LogP) is 1.96. The molecule has 2 aliphatic heterocycles. The Hall–Kier alpha value is -2.18. The number of alkyl halides is 2. The lowest BCUT2D eigenvalue weighted by molar-refractivity contribution is 0.0589. The smallest absolute Gasteiger partial charge is 0.415 e. The molecule has 1 aromatic carbocycles. The Labute approximate surface area is 168 Å². The summed E-state index contributed by atoms with van der Waals surface area (Å²) in [5.74, 6) is -1.64. The van der Waals surface area contributed by atoms with E-state index in [2.05, 4.69) is 23.0 Å². The molecule has 12 heteroatoms. The maximum Gasteiger partial charge on any atom is 0.415 e. The fraction of sp³-hybridized carbons (Fsp3) is 0.529. The van der Waals surface area contributed by atoms with Crippen LogP contribution in [0.3, 0.4) is 0 Å². The molecule has 0 bridgehead atoms. The Kier molecular flexibility index (Phi) is 5.25. The molecule has 1 aliphatic carbocycles. The Morgan fingerprint density at radius 3 is 2.72 bits per heavy atom. The number of rotatable bonds is 4. The zero-order valence-electron chi connectivity index (χ0n) is 15.1. The lowest BCUT2D eigenvalue weighted by Gasteiger charge is -2.24. The predicted molar refractivity (Wildman–Crippen MR) is 99.2 cm³/mol. The number of halogens is 4. The van der Waals surface area contributed by atoms with Gasteiger partial charge in [0, 0.05) is 38.2 Å². The third-order valence-electron chi connectivity index (χ3n) is 5.15. The van der Waals surface area contributed by atoms with Gasteiger partial charge in [0.15, 0.2) is 17.2 Å². The van der Waals surface area contributed by atoms with Crippen molar-refractivity contribution >= 4 is 34.7 Å². The number of anilines is 2. The summed E-state index contributed by atoms with van der Waals surface area (Å²) in [5.41, 5.74) is 1.44. The van der Waals surface area contributed by atoms with Crippen LogP contribution in [0.1, 0.15) is 6.42 Å². The van der Waals surface area contributed by atoms with Crippen LogP contribution in [0.5, 0.6) is 0 Å². The van der Waals surface area contributed by atoms with Gasteiger partial charge < -0.3 is 15.0 Å². The zero-order valence-corrected chi connectivity index (χ0v) is 15.9. The number of thiocarbonyl (C=S) groups is 1. The number of benzene rings is 1. The van der Waals surface area contributed by atoms with Crippen LogP contribution in [0.15, 0.2) is 12.1 Å². The molecule has 0 radical (unpaired) electrons. The average Bonchev–Trinajstić information content (AvgIpc) is 3.28. The van der Waals surface area contributed by atoms with E-state index < -0.39 is 40.8 Å². The highest BCUT2D eigenvalue weighted by Gasteiger charge is 2.64. The molecule has 2 N–H and O–H groups in total. The summed E-state index contributed by atoms with van der Waals surface area (Å²) >= 11 is 4.55. The minimum absolute atomic E-state index is 0.00286. The van der Waals surface area contributed by atoms with Gasteiger partial charge in [-0.25, -0.2) is 27.8 Å². The Balaban J connectivity index is 1.50. The molecule has 1 spiro atoms. The van der Waals surface area contributed by atoms with Gasteiger partial charge in [-0.2, -0.15) is 0 Å². The van der Waals surface area contributed by atoms with Crippen LogP contribution in [0, 0.1) is 11.6 Å². The molecule has 29 heavy (non-hydrogen) atoms. The van der Waals surface area contributed by atoms with Crippen LogP contribution < -0.4 is 20.6 Å². The van der Waals surface area contributed by atoms with E-state index in [4.69, 9.17) is 9.57 Å². The summed E-state index contributed by atoms with van der Waals surface area (Å²) in [6, 6.07) is 1.57. The molecule has 7 nitrogen and oxygen atoms in total. The highest BCUT2D eigenvalue weighted by Crippen LogP contribution is 2.46. The molecule has 2 atom stereocenters. The van der Waals surface area contributed by atoms with Crippen LogP contribution in [0.2, 0.25) is 0 Å². The van der Waals surface area contributed by atoms with Crippen molar-refractivity contribution in [1.82, 2.24) is 10.8 Å². The van der Waals surface area contributed by atoms with Crippen molar-refractivity contribution in [2.75, 3.05) is 42.6 Å². The van der Waals surface area contributed by atoms with Crippen molar-refractivity contribution in [3.8, 4) is 0 Å². The molecular weight excluding hydrogens is 416 g/mol. The van der Waals surface area contributed by atoms with Crippen LogP contribution in [-0.2, 0) is 9.57 Å². The first-order valence-corrected chi connectivity index (χ1v) is 9.39. The number of amides is 1. The Morgan fingerprint density at radius 1 is 1.31 bits per heavy atom. The topological polar surface area (TPSA) is 66.1 Å². The van der Waals surface area contributed by atoms with E-state index in [9.17, 15) is 22.4 Å². The fourth-order valence-corrected chi connectivity index (χ4v) is 3.75. The molecule has 1 saturated carbocycles. The minimum Gasteiger partial charge on any atom is -0.438 e. The summed E-state index contributed by atoms with van der Waals surface area (Å²) in [4.78, 5) is 19.3. The van der Waals surface area contributed by atoms with Gasteiger partial charge in [0.2, 0.25) is 0 Å². The third-order valence-corrected chi connectivity index (χ3v) is 5.45. The van der Waals surface area contributed by atoms with Gasteiger partial charge in [-0.3, -0.25) is 9.74 Å². The second-order valence-electron chi connectivity index (χ2n) is 7.07. The molecule has 3 aliphatic rings. The lowest BCUT2D eigenvalue weighted by atomic mass is 10.2. The summed E-state index contributed by atoms with van der Waals surface area (Å²) in [7, 11) is 0. The maximum atomic E-state index is 14.7. The first-order chi connectivity index (χ1) is 13.8. The zero-order chi connectivity index (χ0) is 20.8. The largest absolute Gasteiger partial charge is 0.438 e. The molecule has 2 heterocycles. The van der Waals surface area contributed by atoms with Crippen LogP contribution in [0.25, 0.3) is 0 Å². The van der Waals surface area contributed by atoms with Crippen molar-refractivity contribution in [1.29, 1.82) is 0 Å².